The lowest BCUT2D eigenvalue weighted by Crippen LogP contribution is -2.15. The van der Waals surface area contributed by atoms with Crippen LogP contribution in [0.15, 0.2) is 53.9 Å². The lowest BCUT2D eigenvalue weighted by Gasteiger charge is -2.13. The van der Waals surface area contributed by atoms with Crippen LogP contribution in [0.3, 0.4) is 0 Å². The highest BCUT2D eigenvalue weighted by molar-refractivity contribution is 7.93. The fourth-order valence-corrected chi connectivity index (χ4v) is 4.25. The first-order valence-electron chi connectivity index (χ1n) is 8.08. The zero-order chi connectivity index (χ0) is 21.3. The summed E-state index contributed by atoms with van der Waals surface area (Å²) < 4.78 is 78.4. The minimum absolute atomic E-state index is 0.0127. The molecular formula is C17H10F3N5O3S2. The molecular weight excluding hydrogens is 443 g/mol. The molecule has 2 aromatic heterocycles. The van der Waals surface area contributed by atoms with Crippen LogP contribution >= 0.6 is 11.5 Å². The van der Waals surface area contributed by atoms with E-state index in [9.17, 15) is 21.6 Å². The number of rotatable bonds is 6. The zero-order valence-electron chi connectivity index (χ0n) is 14.6. The quantitative estimate of drug-likeness (QED) is 0.458. The van der Waals surface area contributed by atoms with Gasteiger partial charge in [-0.15, -0.1) is 0 Å². The van der Waals surface area contributed by atoms with Gasteiger partial charge in [-0.2, -0.15) is 9.47 Å². The molecule has 13 heteroatoms. The number of anilines is 1. The molecule has 4 aromatic rings. The number of nitrogens with one attached hydrogen (secondary N) is 2. The molecule has 0 unspecified atom stereocenters. The molecule has 0 bridgehead atoms. The van der Waals surface area contributed by atoms with Gasteiger partial charge in [-0.3, -0.25) is 9.82 Å². The molecule has 2 heterocycles. The SMILES string of the molecule is O=S(=O)(Nc1ncns1)c1cc(F)c(Oc2ccc(F)cc2-c2cn[nH]c2)cc1F. The van der Waals surface area contributed by atoms with Crippen LogP contribution in [0, 0.1) is 17.5 Å². The average Bonchev–Trinajstić information content (AvgIpc) is 3.39. The van der Waals surface area contributed by atoms with Gasteiger partial charge in [0.2, 0.25) is 5.13 Å². The Labute approximate surface area is 171 Å². The first-order chi connectivity index (χ1) is 14.3. The minimum Gasteiger partial charge on any atom is -0.454 e. The summed E-state index contributed by atoms with van der Waals surface area (Å²) in [4.78, 5) is 2.70. The van der Waals surface area contributed by atoms with E-state index in [1.807, 2.05) is 4.72 Å². The summed E-state index contributed by atoms with van der Waals surface area (Å²) >= 11 is 0.730. The Bertz CT molecular complexity index is 1300. The summed E-state index contributed by atoms with van der Waals surface area (Å²) in [5, 5.41) is 6.21. The van der Waals surface area contributed by atoms with Crippen molar-refractivity contribution >= 4 is 26.7 Å². The van der Waals surface area contributed by atoms with Crippen LogP contribution in [0.4, 0.5) is 18.3 Å². The number of halogens is 3. The Hall–Kier alpha value is -3.45. The molecule has 0 fully saturated rings. The lowest BCUT2D eigenvalue weighted by molar-refractivity contribution is 0.432. The number of aromatic amines is 1. The van der Waals surface area contributed by atoms with E-state index in [-0.39, 0.29) is 16.4 Å². The third-order valence-electron chi connectivity index (χ3n) is 3.83. The Morgan fingerprint density at radius 2 is 1.90 bits per heavy atom. The van der Waals surface area contributed by atoms with E-state index >= 15 is 0 Å². The van der Waals surface area contributed by atoms with Crippen molar-refractivity contribution in [2.45, 2.75) is 4.90 Å². The highest BCUT2D eigenvalue weighted by atomic mass is 32.2. The predicted octanol–water partition coefficient (Wildman–Crippen LogP) is 3.94. The van der Waals surface area contributed by atoms with Crippen molar-refractivity contribution in [3.63, 3.8) is 0 Å². The van der Waals surface area contributed by atoms with Gasteiger partial charge in [0, 0.05) is 41.0 Å². The fraction of sp³-hybridized carbons (Fsp3) is 0. The number of sulfonamides is 1. The number of ether oxygens (including phenoxy) is 1. The number of hydrogen-bond acceptors (Lipinski definition) is 7. The van der Waals surface area contributed by atoms with E-state index in [0.29, 0.717) is 17.7 Å². The van der Waals surface area contributed by atoms with E-state index in [0.717, 1.165) is 30.0 Å². The van der Waals surface area contributed by atoms with Gasteiger partial charge in [0.25, 0.3) is 10.0 Å². The van der Waals surface area contributed by atoms with Gasteiger partial charge in [0.15, 0.2) is 11.6 Å². The van der Waals surface area contributed by atoms with Crippen LogP contribution in [-0.4, -0.2) is 28.0 Å². The number of aromatic nitrogens is 4. The molecule has 0 aliphatic heterocycles. The topological polar surface area (TPSA) is 110 Å². The molecule has 2 aromatic carbocycles. The highest BCUT2D eigenvalue weighted by Gasteiger charge is 2.24. The summed E-state index contributed by atoms with van der Waals surface area (Å²) in [7, 11) is -4.45. The van der Waals surface area contributed by atoms with Gasteiger partial charge in [-0.1, -0.05) is 0 Å². The molecule has 0 saturated carbocycles. The largest absolute Gasteiger partial charge is 0.454 e. The van der Waals surface area contributed by atoms with Crippen LogP contribution in [0.1, 0.15) is 0 Å². The van der Waals surface area contributed by atoms with E-state index in [4.69, 9.17) is 4.74 Å². The van der Waals surface area contributed by atoms with E-state index in [1.165, 1.54) is 18.5 Å². The van der Waals surface area contributed by atoms with E-state index in [2.05, 4.69) is 19.6 Å². The van der Waals surface area contributed by atoms with Crippen molar-refractivity contribution in [1.29, 1.82) is 0 Å². The zero-order valence-corrected chi connectivity index (χ0v) is 16.3. The van der Waals surface area contributed by atoms with E-state index < -0.39 is 38.1 Å². The number of H-pyrrole nitrogens is 1. The lowest BCUT2D eigenvalue weighted by atomic mass is 10.1. The second-order valence-electron chi connectivity index (χ2n) is 5.79. The smallest absolute Gasteiger partial charge is 0.266 e. The van der Waals surface area contributed by atoms with Gasteiger partial charge in [0.1, 0.15) is 28.6 Å². The third-order valence-corrected chi connectivity index (χ3v) is 5.89. The van der Waals surface area contributed by atoms with Crippen LogP contribution in [0.25, 0.3) is 11.1 Å². The molecule has 0 radical (unpaired) electrons. The average molecular weight is 453 g/mol. The van der Waals surface area contributed by atoms with Gasteiger partial charge >= 0.3 is 0 Å². The van der Waals surface area contributed by atoms with Crippen molar-refractivity contribution in [2.24, 2.45) is 0 Å². The Balaban J connectivity index is 1.69. The Morgan fingerprint density at radius 3 is 2.60 bits per heavy atom. The normalized spacial score (nSPS) is 11.4. The standard InChI is InChI=1S/C17H10F3N5O3S2/c18-10-1-2-14(11(3-10)9-6-22-23-7-9)28-15-4-13(20)16(5-12(15)19)30(26,27)25-17-21-8-24-29-17/h1-8H,(H,22,23)(H,21,24,25). The van der Waals surface area contributed by atoms with Gasteiger partial charge < -0.3 is 4.74 Å². The second-order valence-corrected chi connectivity index (χ2v) is 8.23. The summed E-state index contributed by atoms with van der Waals surface area (Å²) in [5.41, 5.74) is 0.684. The fourth-order valence-electron chi connectivity index (χ4n) is 2.52. The van der Waals surface area contributed by atoms with Crippen LogP contribution < -0.4 is 9.46 Å². The summed E-state index contributed by atoms with van der Waals surface area (Å²) in [5.74, 6) is -3.54. The van der Waals surface area contributed by atoms with Crippen molar-refractivity contribution < 1.29 is 26.3 Å². The maximum Gasteiger partial charge on any atom is 0.266 e. The monoisotopic (exact) mass is 453 g/mol. The summed E-state index contributed by atoms with van der Waals surface area (Å²) in [6.45, 7) is 0. The summed E-state index contributed by atoms with van der Waals surface area (Å²) in [6, 6.07) is 4.52. The molecule has 4 rings (SSSR count). The predicted molar refractivity (Wildman–Crippen MR) is 101 cm³/mol. The molecule has 154 valence electrons. The van der Waals surface area contributed by atoms with Crippen molar-refractivity contribution in [1.82, 2.24) is 19.6 Å². The molecule has 8 nitrogen and oxygen atoms in total. The molecule has 0 spiro atoms. The molecule has 0 aliphatic rings. The maximum absolute atomic E-state index is 14.6. The van der Waals surface area contributed by atoms with Crippen molar-refractivity contribution in [3.8, 4) is 22.6 Å². The molecule has 30 heavy (non-hydrogen) atoms. The van der Waals surface area contributed by atoms with E-state index in [1.54, 1.807) is 0 Å². The van der Waals surface area contributed by atoms with Crippen LogP contribution in [-0.2, 0) is 10.0 Å². The number of nitrogens with zero attached hydrogens (tertiary/aromatic N) is 3. The maximum atomic E-state index is 14.6. The minimum atomic E-state index is -4.45. The first-order valence-corrected chi connectivity index (χ1v) is 10.3. The highest BCUT2D eigenvalue weighted by Crippen LogP contribution is 2.36. The second kappa shape index (κ2) is 7.76. The molecule has 2 N–H and O–H groups in total. The van der Waals surface area contributed by atoms with Crippen LogP contribution in [0.2, 0.25) is 0 Å². The molecule has 0 saturated heterocycles. The Morgan fingerprint density at radius 1 is 1.07 bits per heavy atom. The van der Waals surface area contributed by atoms with Crippen molar-refractivity contribution in [2.75, 3.05) is 4.72 Å². The van der Waals surface area contributed by atoms with Gasteiger partial charge in [-0.25, -0.2) is 26.6 Å². The third kappa shape index (κ3) is 3.97. The molecule has 0 amide bonds. The molecule has 0 atom stereocenters. The van der Waals surface area contributed by atoms with Crippen LogP contribution in [0.5, 0.6) is 11.5 Å². The summed E-state index contributed by atoms with van der Waals surface area (Å²) in [6.07, 6.45) is 3.97. The molecule has 0 aliphatic carbocycles. The number of benzene rings is 2. The van der Waals surface area contributed by atoms with Gasteiger partial charge in [0.05, 0.1) is 6.20 Å². The Kier molecular flexibility index (Phi) is 5.13. The van der Waals surface area contributed by atoms with Crippen molar-refractivity contribution in [3.05, 3.63) is 66.5 Å². The first kappa shape index (κ1) is 19.8. The number of hydrogen-bond donors (Lipinski definition) is 2. The van der Waals surface area contributed by atoms with Gasteiger partial charge in [-0.05, 0) is 18.2 Å².